The standard InChI is InChI=1S/C36H59N11O17S.Fe/c1-17(49)45(62)12-5-8-20(37)30(55)39-21(9-6-13-46(63)18(2)50)31(56)40-22(10-7-14-47(64)19(3)51)32(57)41-23(16-48)33(58)42-25(35(59)60)26(52)29-27(53)28(54)34(65-29)44-15-11-24(38)43(4)36(44)61;/h11,15,20-23,25-29,34,38,48,52-54,62-64H,5-10,12-14,16,37H2,1-4H3,(H,39,55)(H,40,56)(H,41,57)(H,42,58)(H,59,60);/t20-,21-,22-,23-,25+,26-,27+,28+,29+,34+;/m0./s1. The van der Waals surface area contributed by atoms with Crippen molar-refractivity contribution < 1.29 is 96.6 Å². The Labute approximate surface area is 391 Å². The van der Waals surface area contributed by atoms with Crippen molar-refractivity contribution in [3.63, 3.8) is 0 Å². The number of aliphatic hydroxyl groups excluding tert-OH is 4. The van der Waals surface area contributed by atoms with E-state index in [-0.39, 0.29) is 80.7 Å². The Morgan fingerprint density at radius 2 is 1.18 bits per heavy atom. The van der Waals surface area contributed by atoms with Crippen LogP contribution >= 0.6 is 11.8 Å². The number of carbonyl (C=O) groups excluding carboxylic acids is 7. The summed E-state index contributed by atoms with van der Waals surface area (Å²) in [6.45, 7) is 1.14. The van der Waals surface area contributed by atoms with Gasteiger partial charge in [0, 0.05) is 70.7 Å². The smallest absolute Gasteiger partial charge is 0.330 e. The van der Waals surface area contributed by atoms with Crippen molar-refractivity contribution in [3.8, 4) is 0 Å². The second-order valence-electron chi connectivity index (χ2n) is 15.1. The second-order valence-corrected chi connectivity index (χ2v) is 16.4. The van der Waals surface area contributed by atoms with Crippen LogP contribution in [0.3, 0.4) is 0 Å². The van der Waals surface area contributed by atoms with Gasteiger partial charge in [-0.25, -0.2) is 24.8 Å². The molecule has 0 saturated carbocycles. The number of thioether (sulfide) groups is 1. The molecule has 1 saturated heterocycles. The Balaban J connectivity index is 0.0000218. The number of hydrogen-bond acceptors (Lipinski definition) is 19. The molecule has 66 heavy (non-hydrogen) atoms. The maximum absolute atomic E-state index is 13.8. The van der Waals surface area contributed by atoms with Crippen molar-refractivity contribution in [2.45, 2.75) is 118 Å². The van der Waals surface area contributed by atoms with Gasteiger partial charge in [-0.05, 0) is 44.6 Å². The predicted octanol–water partition coefficient (Wildman–Crippen LogP) is -6.24. The fourth-order valence-electron chi connectivity index (χ4n) is 6.24. The van der Waals surface area contributed by atoms with Crippen LogP contribution in [0.5, 0.6) is 0 Å². The van der Waals surface area contributed by atoms with Crippen molar-refractivity contribution in [2.24, 2.45) is 12.8 Å². The number of aromatic nitrogens is 2. The van der Waals surface area contributed by atoms with E-state index in [2.05, 4.69) is 16.0 Å². The van der Waals surface area contributed by atoms with Crippen LogP contribution in [0.15, 0.2) is 17.1 Å². The fraction of sp³-hybridized carbons (Fsp3) is 0.667. The van der Waals surface area contributed by atoms with Gasteiger partial charge in [0.25, 0.3) is 0 Å². The van der Waals surface area contributed by atoms with Gasteiger partial charge in [-0.3, -0.25) is 63.7 Å². The van der Waals surface area contributed by atoms with E-state index in [1.54, 1.807) is 0 Å². The zero-order valence-electron chi connectivity index (χ0n) is 36.3. The van der Waals surface area contributed by atoms with Gasteiger partial charge >= 0.3 is 11.7 Å². The molecule has 10 atom stereocenters. The number of nitrogens with zero attached hydrogens (tertiary/aromatic N) is 5. The number of hydroxylamine groups is 6. The van der Waals surface area contributed by atoms with Crippen LogP contribution in [0.1, 0.15) is 64.7 Å². The topological polar surface area (TPSA) is 433 Å². The van der Waals surface area contributed by atoms with E-state index in [1.807, 2.05) is 5.32 Å². The van der Waals surface area contributed by atoms with Crippen molar-refractivity contribution >= 4 is 59.1 Å². The molecule has 0 bridgehead atoms. The number of rotatable bonds is 25. The number of carboxylic acids is 1. The number of aliphatic hydroxyl groups is 4. The molecule has 7 amide bonds. The van der Waals surface area contributed by atoms with Crippen LogP contribution in [-0.4, -0.2) is 193 Å². The Morgan fingerprint density at radius 1 is 0.758 bits per heavy atom. The first-order valence-electron chi connectivity index (χ1n) is 20.1. The SMILES string of the molecule is CC(=O)N(O)CCC[C@H](NC(=O)[C@H](CCCN(O)C(C)=O)NC(=O)[C@@H](N)CCCN(O)C(C)=O)C(=O)N[C@@H](CO)C(=O)N[C@@H](C(=O)O)[C@H](O)[C@H]1S[C@@H](n2ccc(=N)n(C)c2=O)[C@H](O)[C@H]1O.[Fe]. The summed E-state index contributed by atoms with van der Waals surface area (Å²) in [5.74, 6) is -8.59. The van der Waals surface area contributed by atoms with Crippen LogP contribution in [0.25, 0.3) is 0 Å². The van der Waals surface area contributed by atoms with E-state index >= 15 is 0 Å². The van der Waals surface area contributed by atoms with E-state index in [1.165, 1.54) is 13.1 Å². The molecule has 1 aromatic rings. The van der Waals surface area contributed by atoms with Gasteiger partial charge in [0.15, 0.2) is 6.04 Å². The van der Waals surface area contributed by atoms with Gasteiger partial charge in [-0.15, -0.1) is 11.8 Å². The van der Waals surface area contributed by atoms with Crippen LogP contribution in [0.4, 0.5) is 0 Å². The number of aliphatic carboxylic acids is 1. The zero-order chi connectivity index (χ0) is 49.5. The van der Waals surface area contributed by atoms with Crippen LogP contribution in [0, 0.1) is 5.41 Å². The van der Waals surface area contributed by atoms with Gasteiger partial charge in [-0.2, -0.15) is 0 Å². The van der Waals surface area contributed by atoms with E-state index in [4.69, 9.17) is 11.1 Å². The van der Waals surface area contributed by atoms with Gasteiger partial charge in [0.1, 0.15) is 35.1 Å². The molecular formula is C36H59FeN11O17S. The average Bonchev–Trinajstić information content (AvgIpc) is 3.54. The largest absolute Gasteiger partial charge is 0.480 e. The minimum atomic E-state index is -2.27. The van der Waals surface area contributed by atoms with E-state index in [9.17, 15) is 84.3 Å². The van der Waals surface area contributed by atoms with E-state index in [0.29, 0.717) is 27.0 Å². The number of carbonyl (C=O) groups is 8. The zero-order valence-corrected chi connectivity index (χ0v) is 38.2. The maximum atomic E-state index is 13.8. The monoisotopic (exact) mass is 1010 g/mol. The summed E-state index contributed by atoms with van der Waals surface area (Å²) in [5.41, 5.74) is 5.00. The molecule has 15 N–H and O–H groups in total. The molecule has 374 valence electrons. The number of nitrogens with two attached hydrogens (primary N) is 1. The van der Waals surface area contributed by atoms with Gasteiger partial charge in [-0.1, -0.05) is 0 Å². The third-order valence-electron chi connectivity index (χ3n) is 10.2. The molecule has 28 nitrogen and oxygen atoms in total. The molecule has 2 heterocycles. The minimum Gasteiger partial charge on any atom is -0.480 e. The fourth-order valence-corrected chi connectivity index (χ4v) is 7.82. The molecule has 1 fully saturated rings. The molecule has 0 unspecified atom stereocenters. The minimum absolute atomic E-state index is 0. The predicted molar refractivity (Wildman–Crippen MR) is 220 cm³/mol. The van der Waals surface area contributed by atoms with Gasteiger partial charge in [0.2, 0.25) is 41.4 Å². The molecule has 0 spiro atoms. The van der Waals surface area contributed by atoms with Gasteiger partial charge < -0.3 is 52.5 Å². The first-order valence-corrected chi connectivity index (χ1v) is 21.0. The normalized spacial score (nSPS) is 19.3. The Kier molecular flexibility index (Phi) is 24.7. The molecule has 0 radical (unpaired) electrons. The van der Waals surface area contributed by atoms with Crippen molar-refractivity contribution in [1.29, 1.82) is 5.41 Å². The molecule has 1 aromatic heterocycles. The Bertz CT molecular complexity index is 2000. The van der Waals surface area contributed by atoms with E-state index < -0.39 is 119 Å². The quantitative estimate of drug-likeness (QED) is 0.0246. The third kappa shape index (κ3) is 17.0. The number of hydrogen-bond donors (Lipinski definition) is 14. The summed E-state index contributed by atoms with van der Waals surface area (Å²) < 4.78 is 1.87. The Hall–Kier alpha value is -5.01. The molecule has 0 aliphatic carbocycles. The summed E-state index contributed by atoms with van der Waals surface area (Å²) in [6, 6.07) is -7.52. The summed E-state index contributed by atoms with van der Waals surface area (Å²) in [7, 11) is 1.27. The summed E-state index contributed by atoms with van der Waals surface area (Å²) in [4.78, 5) is 114. The van der Waals surface area contributed by atoms with Crippen molar-refractivity contribution in [3.05, 3.63) is 28.2 Å². The summed E-state index contributed by atoms with van der Waals surface area (Å²) in [6.07, 6.45) is -5.62. The van der Waals surface area contributed by atoms with E-state index in [0.717, 1.165) is 36.1 Å². The molecule has 30 heteroatoms. The van der Waals surface area contributed by atoms with Crippen molar-refractivity contribution in [2.75, 3.05) is 26.2 Å². The first-order chi connectivity index (χ1) is 30.3. The first kappa shape index (κ1) is 59.0. The molecular weight excluding hydrogens is 946 g/mol. The average molecular weight is 1010 g/mol. The Morgan fingerprint density at radius 3 is 1.62 bits per heavy atom. The summed E-state index contributed by atoms with van der Waals surface area (Å²) >= 11 is 0.592. The van der Waals surface area contributed by atoms with Crippen LogP contribution < -0.4 is 38.2 Å². The van der Waals surface area contributed by atoms with Crippen LogP contribution in [0.2, 0.25) is 0 Å². The van der Waals surface area contributed by atoms with Gasteiger partial charge in [0.05, 0.1) is 30.1 Å². The molecule has 0 aromatic carbocycles. The molecule has 2 rings (SSSR count). The second kappa shape index (κ2) is 27.6. The third-order valence-corrected chi connectivity index (χ3v) is 11.8. The number of nitrogens with one attached hydrogen (secondary N) is 5. The molecule has 1 aliphatic heterocycles. The van der Waals surface area contributed by atoms with Crippen LogP contribution in [-0.2, 0) is 62.5 Å². The summed E-state index contributed by atoms with van der Waals surface area (Å²) in [5, 5.41) is 97.1. The number of amides is 7. The molecule has 1 aliphatic rings. The maximum Gasteiger partial charge on any atom is 0.330 e. The van der Waals surface area contributed by atoms with Crippen molar-refractivity contribution in [1.82, 2.24) is 45.6 Å². The number of carboxylic acid groups (broad SMARTS) is 1.